The zero-order valence-electron chi connectivity index (χ0n) is 11.0. The highest BCUT2D eigenvalue weighted by molar-refractivity contribution is 6.35. The van der Waals surface area contributed by atoms with E-state index in [-0.39, 0.29) is 5.82 Å². The Bertz CT molecular complexity index is 469. The smallest absolute Gasteiger partial charge is 0.125 e. The molecule has 94 valence electrons. The number of benzene rings is 1. The van der Waals surface area contributed by atoms with Crippen molar-refractivity contribution < 1.29 is 4.39 Å². The molecular weight excluding hydrogens is 237 g/mol. The Balaban J connectivity index is 0.000000581. The number of aromatic nitrogens is 1. The number of rotatable bonds is 0. The van der Waals surface area contributed by atoms with Crippen LogP contribution in [-0.4, -0.2) is 4.98 Å². The van der Waals surface area contributed by atoms with Gasteiger partial charge in [0.2, 0.25) is 0 Å². The first kappa shape index (κ1) is 15.9. The molecule has 0 bridgehead atoms. The van der Waals surface area contributed by atoms with Crippen LogP contribution in [0.4, 0.5) is 4.39 Å². The normalized spacial score (nSPS) is 8.88. The van der Waals surface area contributed by atoms with Gasteiger partial charge in [0.25, 0.3) is 0 Å². The summed E-state index contributed by atoms with van der Waals surface area (Å²) in [5.41, 5.74) is 1.63. The minimum Gasteiger partial charge on any atom is -0.255 e. The van der Waals surface area contributed by atoms with E-state index in [1.54, 1.807) is 6.20 Å². The molecule has 1 aromatic carbocycles. The molecule has 3 heteroatoms. The molecule has 0 saturated heterocycles. The van der Waals surface area contributed by atoms with Crippen molar-refractivity contribution in [2.75, 3.05) is 0 Å². The molecule has 0 unspecified atom stereocenters. The molecule has 2 aromatic rings. The van der Waals surface area contributed by atoms with Gasteiger partial charge in [-0.3, -0.25) is 4.98 Å². The number of nitrogens with zero attached hydrogens (tertiary/aromatic N) is 1. The van der Waals surface area contributed by atoms with Crippen molar-refractivity contribution in [2.45, 2.75) is 34.6 Å². The van der Waals surface area contributed by atoms with E-state index in [0.717, 1.165) is 10.9 Å². The zero-order valence-corrected chi connectivity index (χ0v) is 11.8. The molecular formula is C14H19ClFN. The number of halogens is 2. The van der Waals surface area contributed by atoms with Gasteiger partial charge in [-0.05, 0) is 30.7 Å². The Morgan fingerprint density at radius 3 is 2.29 bits per heavy atom. The second kappa shape index (κ2) is 8.02. The predicted octanol–water partition coefficient (Wildman–Crippen LogP) is 5.39. The fraction of sp³-hybridized carbons (Fsp3) is 0.357. The second-order valence-electron chi connectivity index (χ2n) is 2.91. The molecule has 0 radical (unpaired) electrons. The Hall–Kier alpha value is -1.15. The molecule has 0 aliphatic rings. The van der Waals surface area contributed by atoms with Crippen LogP contribution in [0.25, 0.3) is 10.9 Å². The minimum atomic E-state index is -0.325. The van der Waals surface area contributed by atoms with Crippen LogP contribution in [0.2, 0.25) is 5.02 Å². The maximum atomic E-state index is 13.0. The summed E-state index contributed by atoms with van der Waals surface area (Å²) in [5.74, 6) is -0.325. The summed E-state index contributed by atoms with van der Waals surface area (Å²) in [5, 5.41) is 1.13. The number of aryl methyl sites for hydroxylation is 1. The average molecular weight is 256 g/mol. The standard InChI is InChI=1S/C10H7ClFN.2C2H6/c1-6-2-3-13-10-8(6)4-7(12)5-9(10)11;2*1-2/h2-5H,1H3;2*1-2H3. The van der Waals surface area contributed by atoms with Crippen molar-refractivity contribution in [3.05, 3.63) is 40.8 Å². The monoisotopic (exact) mass is 255 g/mol. The van der Waals surface area contributed by atoms with Crippen molar-refractivity contribution in [1.82, 2.24) is 4.98 Å². The summed E-state index contributed by atoms with van der Waals surface area (Å²) in [4.78, 5) is 4.08. The lowest BCUT2D eigenvalue weighted by Gasteiger charge is -2.02. The van der Waals surface area contributed by atoms with Crippen LogP contribution in [0.5, 0.6) is 0 Å². The molecule has 0 saturated carbocycles. The second-order valence-corrected chi connectivity index (χ2v) is 3.32. The highest BCUT2D eigenvalue weighted by Gasteiger charge is 2.04. The zero-order chi connectivity index (χ0) is 13.4. The van der Waals surface area contributed by atoms with Crippen molar-refractivity contribution in [2.24, 2.45) is 0 Å². The quantitative estimate of drug-likeness (QED) is 0.615. The molecule has 0 amide bonds. The summed E-state index contributed by atoms with van der Waals surface area (Å²) in [6, 6.07) is 4.55. The van der Waals surface area contributed by atoms with Crippen molar-refractivity contribution >= 4 is 22.5 Å². The van der Waals surface area contributed by atoms with Crippen LogP contribution in [0.1, 0.15) is 33.3 Å². The Labute approximate surface area is 108 Å². The van der Waals surface area contributed by atoms with Gasteiger partial charge in [-0.1, -0.05) is 39.3 Å². The Morgan fingerprint density at radius 2 is 1.71 bits per heavy atom. The van der Waals surface area contributed by atoms with Crippen molar-refractivity contribution in [3.8, 4) is 0 Å². The lowest BCUT2D eigenvalue weighted by atomic mass is 10.1. The van der Waals surface area contributed by atoms with Gasteiger partial charge in [0.1, 0.15) is 5.82 Å². The van der Waals surface area contributed by atoms with Crippen LogP contribution in [0, 0.1) is 12.7 Å². The molecule has 0 aliphatic carbocycles. The summed E-state index contributed by atoms with van der Waals surface area (Å²) < 4.78 is 13.0. The molecule has 2 rings (SSSR count). The molecule has 0 fully saturated rings. The number of pyridine rings is 1. The molecule has 0 atom stereocenters. The topological polar surface area (TPSA) is 12.9 Å². The largest absolute Gasteiger partial charge is 0.255 e. The third-order valence-electron chi connectivity index (χ3n) is 1.98. The molecule has 17 heavy (non-hydrogen) atoms. The van der Waals surface area contributed by atoms with Gasteiger partial charge in [0, 0.05) is 11.6 Å². The number of fused-ring (bicyclic) bond motifs is 1. The van der Waals surface area contributed by atoms with Gasteiger partial charge >= 0.3 is 0 Å². The van der Waals surface area contributed by atoms with E-state index in [0.29, 0.717) is 10.5 Å². The van der Waals surface area contributed by atoms with Crippen LogP contribution in [0.3, 0.4) is 0 Å². The van der Waals surface area contributed by atoms with Gasteiger partial charge in [-0.25, -0.2) is 4.39 Å². The van der Waals surface area contributed by atoms with E-state index in [1.165, 1.54) is 12.1 Å². The van der Waals surface area contributed by atoms with Gasteiger partial charge in [-0.15, -0.1) is 0 Å². The molecule has 0 aliphatic heterocycles. The van der Waals surface area contributed by atoms with Gasteiger partial charge in [-0.2, -0.15) is 0 Å². The van der Waals surface area contributed by atoms with E-state index < -0.39 is 0 Å². The van der Waals surface area contributed by atoms with E-state index in [2.05, 4.69) is 4.98 Å². The van der Waals surface area contributed by atoms with Gasteiger partial charge in [0.15, 0.2) is 0 Å². The third kappa shape index (κ3) is 3.97. The van der Waals surface area contributed by atoms with E-state index in [1.807, 2.05) is 40.7 Å². The molecule has 0 spiro atoms. The Kier molecular flexibility index (Phi) is 7.47. The van der Waals surface area contributed by atoms with Crippen LogP contribution >= 0.6 is 11.6 Å². The van der Waals surface area contributed by atoms with Crippen LogP contribution in [-0.2, 0) is 0 Å². The highest BCUT2D eigenvalue weighted by Crippen LogP contribution is 2.24. The first-order valence-corrected chi connectivity index (χ1v) is 6.26. The molecule has 0 N–H and O–H groups in total. The molecule has 1 nitrogen and oxygen atoms in total. The van der Waals surface area contributed by atoms with Gasteiger partial charge in [0.05, 0.1) is 10.5 Å². The number of hydrogen-bond acceptors (Lipinski definition) is 1. The average Bonchev–Trinajstić information content (AvgIpc) is 2.36. The van der Waals surface area contributed by atoms with E-state index in [9.17, 15) is 4.39 Å². The highest BCUT2D eigenvalue weighted by atomic mass is 35.5. The lowest BCUT2D eigenvalue weighted by molar-refractivity contribution is 0.629. The maximum Gasteiger partial charge on any atom is 0.125 e. The summed E-state index contributed by atoms with van der Waals surface area (Å²) in [6.07, 6.45) is 1.67. The van der Waals surface area contributed by atoms with E-state index >= 15 is 0 Å². The fourth-order valence-corrected chi connectivity index (χ4v) is 1.57. The molecule has 1 heterocycles. The first-order valence-electron chi connectivity index (χ1n) is 5.89. The third-order valence-corrected chi connectivity index (χ3v) is 2.27. The van der Waals surface area contributed by atoms with Crippen LogP contribution in [0.15, 0.2) is 24.4 Å². The van der Waals surface area contributed by atoms with Gasteiger partial charge < -0.3 is 0 Å². The van der Waals surface area contributed by atoms with Crippen molar-refractivity contribution in [3.63, 3.8) is 0 Å². The maximum absolute atomic E-state index is 13.0. The summed E-state index contributed by atoms with van der Waals surface area (Å²) in [7, 11) is 0. The number of hydrogen-bond donors (Lipinski definition) is 0. The first-order chi connectivity index (χ1) is 8.18. The van der Waals surface area contributed by atoms with Crippen LogP contribution < -0.4 is 0 Å². The minimum absolute atomic E-state index is 0.325. The predicted molar refractivity (Wildman–Crippen MR) is 74.1 cm³/mol. The molecule has 1 aromatic heterocycles. The van der Waals surface area contributed by atoms with Crippen molar-refractivity contribution in [1.29, 1.82) is 0 Å². The fourth-order valence-electron chi connectivity index (χ4n) is 1.31. The summed E-state index contributed by atoms with van der Waals surface area (Å²) in [6.45, 7) is 9.90. The van der Waals surface area contributed by atoms with E-state index in [4.69, 9.17) is 11.6 Å². The Morgan fingerprint density at radius 1 is 1.12 bits per heavy atom. The SMILES string of the molecule is CC.CC.Cc1ccnc2c(Cl)cc(F)cc12. The summed E-state index contributed by atoms with van der Waals surface area (Å²) >= 11 is 5.83. The lowest BCUT2D eigenvalue weighted by Crippen LogP contribution is -1.85.